The largest absolute Gasteiger partial charge is 0.478 e. The maximum Gasteiger partial charge on any atom is 0.335 e. The van der Waals surface area contributed by atoms with Gasteiger partial charge >= 0.3 is 11.9 Å². The van der Waals surface area contributed by atoms with Gasteiger partial charge in [-0.05, 0) is 25.1 Å². The molecular weight excluding hydrogens is 248 g/mol. The van der Waals surface area contributed by atoms with Gasteiger partial charge in [-0.2, -0.15) is 5.10 Å². The second-order valence-corrected chi connectivity index (χ2v) is 4.29. The van der Waals surface area contributed by atoms with Crippen LogP contribution in [0.15, 0.2) is 24.3 Å². The normalized spacial score (nSPS) is 13.2. The number of aryl methyl sites for hydroxylation is 1. The molecule has 0 spiro atoms. The van der Waals surface area contributed by atoms with E-state index >= 15 is 0 Å². The first-order chi connectivity index (χ1) is 9.06. The van der Waals surface area contributed by atoms with Gasteiger partial charge in [-0.3, -0.25) is 4.79 Å². The zero-order chi connectivity index (χ0) is 13.6. The monoisotopic (exact) mass is 258 g/mol. The van der Waals surface area contributed by atoms with Gasteiger partial charge in [-0.1, -0.05) is 6.07 Å². The van der Waals surface area contributed by atoms with E-state index < -0.39 is 5.97 Å². The molecule has 1 aliphatic rings. The lowest BCUT2D eigenvalue weighted by Crippen LogP contribution is -2.07. The summed E-state index contributed by atoms with van der Waals surface area (Å²) in [6.45, 7) is 1.79. The zero-order valence-electron chi connectivity index (χ0n) is 10.1. The van der Waals surface area contributed by atoms with E-state index in [1.807, 2.05) is 0 Å². The molecule has 0 amide bonds. The molecular formula is C13H10N2O4. The van der Waals surface area contributed by atoms with Crippen molar-refractivity contribution in [3.8, 4) is 11.6 Å². The van der Waals surface area contributed by atoms with Crippen molar-refractivity contribution in [3.05, 3.63) is 41.1 Å². The van der Waals surface area contributed by atoms with E-state index in [1.165, 1.54) is 16.8 Å². The number of benzene rings is 1. The molecule has 1 aromatic heterocycles. The van der Waals surface area contributed by atoms with Crippen molar-refractivity contribution in [1.29, 1.82) is 0 Å². The van der Waals surface area contributed by atoms with Gasteiger partial charge in [0.15, 0.2) is 0 Å². The highest BCUT2D eigenvalue weighted by Gasteiger charge is 2.29. The fraction of sp³-hybridized carbons (Fsp3) is 0.154. The number of carbonyl (C=O) groups is 2. The second kappa shape index (κ2) is 3.94. The Bertz CT molecular complexity index is 703. The predicted molar refractivity (Wildman–Crippen MR) is 64.6 cm³/mol. The number of hydrogen-bond donors (Lipinski definition) is 1. The van der Waals surface area contributed by atoms with Crippen molar-refractivity contribution < 1.29 is 19.4 Å². The molecule has 2 heterocycles. The number of carbonyl (C=O) groups excluding carboxylic acids is 1. The van der Waals surface area contributed by atoms with Crippen LogP contribution < -0.4 is 4.74 Å². The SMILES string of the molecule is Cc1nn(-c2cccc(C(=O)O)c2)c2c1CC(=O)O2. The van der Waals surface area contributed by atoms with Gasteiger partial charge in [0.25, 0.3) is 0 Å². The summed E-state index contributed by atoms with van der Waals surface area (Å²) >= 11 is 0. The smallest absolute Gasteiger partial charge is 0.335 e. The fourth-order valence-electron chi connectivity index (χ4n) is 2.08. The first-order valence-electron chi connectivity index (χ1n) is 5.69. The summed E-state index contributed by atoms with van der Waals surface area (Å²) in [5.41, 5.74) is 2.18. The van der Waals surface area contributed by atoms with E-state index in [1.54, 1.807) is 19.1 Å². The van der Waals surface area contributed by atoms with Gasteiger partial charge in [0.2, 0.25) is 5.88 Å². The number of aromatic carboxylic acids is 1. The van der Waals surface area contributed by atoms with Gasteiger partial charge in [-0.15, -0.1) is 0 Å². The van der Waals surface area contributed by atoms with Crippen LogP contribution in [0.4, 0.5) is 0 Å². The summed E-state index contributed by atoms with van der Waals surface area (Å²) in [6, 6.07) is 6.32. The Hall–Kier alpha value is -2.63. The van der Waals surface area contributed by atoms with E-state index in [0.29, 0.717) is 17.3 Å². The third kappa shape index (κ3) is 1.77. The molecule has 0 unspecified atom stereocenters. The predicted octanol–water partition coefficient (Wildman–Crippen LogP) is 1.34. The maximum absolute atomic E-state index is 11.3. The van der Waals surface area contributed by atoms with Gasteiger partial charge in [0.05, 0.1) is 23.4 Å². The molecule has 96 valence electrons. The molecule has 0 aliphatic carbocycles. The molecule has 2 aromatic rings. The van der Waals surface area contributed by atoms with Gasteiger partial charge in [0.1, 0.15) is 0 Å². The lowest BCUT2D eigenvalue weighted by atomic mass is 10.2. The minimum Gasteiger partial charge on any atom is -0.478 e. The first kappa shape index (κ1) is 11.5. The number of rotatable bonds is 2. The van der Waals surface area contributed by atoms with E-state index in [-0.39, 0.29) is 18.0 Å². The van der Waals surface area contributed by atoms with Crippen LogP contribution in [-0.2, 0) is 11.2 Å². The molecule has 0 saturated heterocycles. The number of aromatic nitrogens is 2. The van der Waals surface area contributed by atoms with Crippen LogP contribution in [0.1, 0.15) is 21.6 Å². The molecule has 0 atom stereocenters. The van der Waals surface area contributed by atoms with E-state index in [0.717, 1.165) is 5.56 Å². The molecule has 1 aromatic carbocycles. The second-order valence-electron chi connectivity index (χ2n) is 4.29. The molecule has 6 nitrogen and oxygen atoms in total. The minimum atomic E-state index is -1.01. The van der Waals surface area contributed by atoms with Crippen LogP contribution in [0.2, 0.25) is 0 Å². The minimum absolute atomic E-state index is 0.156. The lowest BCUT2D eigenvalue weighted by Gasteiger charge is -2.05. The van der Waals surface area contributed by atoms with Crippen molar-refractivity contribution >= 4 is 11.9 Å². The molecule has 0 bridgehead atoms. The fourth-order valence-corrected chi connectivity index (χ4v) is 2.08. The maximum atomic E-state index is 11.3. The molecule has 1 aliphatic heterocycles. The average Bonchev–Trinajstić information content (AvgIpc) is 2.89. The molecule has 19 heavy (non-hydrogen) atoms. The Morgan fingerprint density at radius 3 is 3.00 bits per heavy atom. The third-order valence-electron chi connectivity index (χ3n) is 3.01. The molecule has 0 fully saturated rings. The summed E-state index contributed by atoms with van der Waals surface area (Å²) in [4.78, 5) is 22.3. The Kier molecular flexibility index (Phi) is 2.38. The van der Waals surface area contributed by atoms with Crippen molar-refractivity contribution in [2.75, 3.05) is 0 Å². The number of hydrogen-bond acceptors (Lipinski definition) is 4. The number of fused-ring (bicyclic) bond motifs is 1. The summed E-state index contributed by atoms with van der Waals surface area (Å²) in [5, 5.41) is 13.3. The number of nitrogens with zero attached hydrogens (tertiary/aromatic N) is 2. The van der Waals surface area contributed by atoms with Gasteiger partial charge < -0.3 is 9.84 Å². The molecule has 3 rings (SSSR count). The van der Waals surface area contributed by atoms with Crippen molar-refractivity contribution in [3.63, 3.8) is 0 Å². The standard InChI is InChI=1S/C13H10N2O4/c1-7-10-6-11(16)19-12(10)15(14-7)9-4-2-3-8(5-9)13(17)18/h2-5H,6H2,1H3,(H,17,18). The number of esters is 1. The molecule has 1 N–H and O–H groups in total. The highest BCUT2D eigenvalue weighted by molar-refractivity contribution is 5.88. The van der Waals surface area contributed by atoms with Crippen LogP contribution in [-0.4, -0.2) is 26.8 Å². The van der Waals surface area contributed by atoms with E-state index in [4.69, 9.17) is 9.84 Å². The van der Waals surface area contributed by atoms with Gasteiger partial charge in [0, 0.05) is 5.56 Å². The Morgan fingerprint density at radius 2 is 2.26 bits per heavy atom. The van der Waals surface area contributed by atoms with Crippen LogP contribution in [0.3, 0.4) is 0 Å². The summed E-state index contributed by atoms with van der Waals surface area (Å²) in [5.74, 6) is -0.956. The summed E-state index contributed by atoms with van der Waals surface area (Å²) in [7, 11) is 0. The Balaban J connectivity index is 2.14. The number of carboxylic acids is 1. The van der Waals surface area contributed by atoms with Crippen molar-refractivity contribution in [2.24, 2.45) is 0 Å². The number of ether oxygens (including phenoxy) is 1. The summed E-state index contributed by atoms with van der Waals surface area (Å²) in [6.07, 6.45) is 0.208. The molecule has 0 radical (unpaired) electrons. The van der Waals surface area contributed by atoms with Crippen LogP contribution in [0.25, 0.3) is 5.69 Å². The van der Waals surface area contributed by atoms with Crippen LogP contribution in [0.5, 0.6) is 5.88 Å². The Labute approximate surface area is 108 Å². The molecule has 0 saturated carbocycles. The van der Waals surface area contributed by atoms with Crippen molar-refractivity contribution in [2.45, 2.75) is 13.3 Å². The van der Waals surface area contributed by atoms with Crippen LogP contribution in [0, 0.1) is 6.92 Å². The Morgan fingerprint density at radius 1 is 1.47 bits per heavy atom. The van der Waals surface area contributed by atoms with E-state index in [2.05, 4.69) is 5.10 Å². The van der Waals surface area contributed by atoms with Gasteiger partial charge in [-0.25, -0.2) is 9.48 Å². The number of carboxylic acid groups (broad SMARTS) is 1. The third-order valence-corrected chi connectivity index (χ3v) is 3.01. The van der Waals surface area contributed by atoms with E-state index in [9.17, 15) is 9.59 Å². The first-order valence-corrected chi connectivity index (χ1v) is 5.69. The quantitative estimate of drug-likeness (QED) is 0.822. The van der Waals surface area contributed by atoms with Crippen LogP contribution >= 0.6 is 0 Å². The highest BCUT2D eigenvalue weighted by Crippen LogP contribution is 2.31. The average molecular weight is 258 g/mol. The lowest BCUT2D eigenvalue weighted by molar-refractivity contribution is -0.132. The van der Waals surface area contributed by atoms with Crippen molar-refractivity contribution in [1.82, 2.24) is 9.78 Å². The topological polar surface area (TPSA) is 81.4 Å². The molecule has 6 heteroatoms. The summed E-state index contributed by atoms with van der Waals surface area (Å²) < 4.78 is 6.59. The zero-order valence-corrected chi connectivity index (χ0v) is 10.1. The highest BCUT2D eigenvalue weighted by atomic mass is 16.5.